The number of carbonyl (C=O) groups is 2. The molecule has 0 saturated carbocycles. The molecule has 2 aromatic rings. The van der Waals surface area contributed by atoms with Gasteiger partial charge in [0.25, 0.3) is 11.6 Å². The van der Waals surface area contributed by atoms with Crippen molar-refractivity contribution in [1.29, 1.82) is 0 Å². The lowest BCUT2D eigenvalue weighted by atomic mass is 10.1. The number of rotatable bonds is 7. The van der Waals surface area contributed by atoms with Gasteiger partial charge in [0.2, 0.25) is 0 Å². The monoisotopic (exact) mass is 388 g/mol. The number of hydrogen-bond acceptors (Lipinski definition) is 6. The summed E-state index contributed by atoms with van der Waals surface area (Å²) in [6.45, 7) is 1.73. The molecule has 0 aliphatic rings. The van der Waals surface area contributed by atoms with Gasteiger partial charge in [-0.1, -0.05) is 24.3 Å². The van der Waals surface area contributed by atoms with Crippen molar-refractivity contribution in [2.75, 3.05) is 19.9 Å². The largest absolute Gasteiger partial charge is 0.468 e. The molecule has 0 saturated heterocycles. The van der Waals surface area contributed by atoms with Crippen LogP contribution in [0.3, 0.4) is 0 Å². The minimum Gasteiger partial charge on any atom is -0.468 e. The van der Waals surface area contributed by atoms with Crippen LogP contribution in [-0.2, 0) is 16.1 Å². The predicted octanol–water partition coefficient (Wildman–Crippen LogP) is 3.44. The molecule has 0 atom stereocenters. The van der Waals surface area contributed by atoms with Crippen molar-refractivity contribution in [3.63, 3.8) is 0 Å². The van der Waals surface area contributed by atoms with E-state index in [4.69, 9.17) is 0 Å². The summed E-state index contributed by atoms with van der Waals surface area (Å²) >= 11 is 1.37. The van der Waals surface area contributed by atoms with Crippen LogP contribution in [-0.4, -0.2) is 41.6 Å². The first-order chi connectivity index (χ1) is 12.9. The van der Waals surface area contributed by atoms with E-state index >= 15 is 0 Å². The van der Waals surface area contributed by atoms with Crippen LogP contribution < -0.4 is 0 Å². The highest BCUT2D eigenvalue weighted by Gasteiger charge is 2.27. The number of methoxy groups -OCH3 is 1. The van der Waals surface area contributed by atoms with Crippen molar-refractivity contribution in [1.82, 2.24) is 4.90 Å². The van der Waals surface area contributed by atoms with Crippen molar-refractivity contribution in [3.05, 3.63) is 69.3 Å². The van der Waals surface area contributed by atoms with Crippen molar-refractivity contribution < 1.29 is 19.2 Å². The Bertz CT molecular complexity index is 869. The van der Waals surface area contributed by atoms with E-state index in [0.29, 0.717) is 0 Å². The summed E-state index contributed by atoms with van der Waals surface area (Å²) < 4.78 is 4.69. The van der Waals surface area contributed by atoms with E-state index in [9.17, 15) is 19.7 Å². The Morgan fingerprint density at radius 2 is 1.93 bits per heavy atom. The summed E-state index contributed by atoms with van der Waals surface area (Å²) in [4.78, 5) is 37.7. The molecular formula is C19H20N2O5S. The maximum Gasteiger partial charge on any atom is 0.325 e. The standard InChI is InChI=1S/C19H20N2O5S/c1-13-6-4-5-7-14(13)11-20(12-18(22)26-2)19(23)16-10-15(27-3)8-9-17(16)21(24)25/h4-10H,11-12H2,1-3H3. The molecule has 0 heterocycles. The molecule has 0 spiro atoms. The van der Waals surface area contributed by atoms with Crippen LogP contribution >= 0.6 is 11.8 Å². The molecule has 142 valence electrons. The average Bonchev–Trinajstić information content (AvgIpc) is 2.67. The minimum absolute atomic E-state index is 0.0515. The lowest BCUT2D eigenvalue weighted by Crippen LogP contribution is -2.36. The number of nitro groups is 1. The first-order valence-corrected chi connectivity index (χ1v) is 9.33. The molecule has 2 rings (SSSR count). The third-order valence-electron chi connectivity index (χ3n) is 4.09. The fraction of sp³-hybridized carbons (Fsp3) is 0.263. The van der Waals surface area contributed by atoms with E-state index in [0.717, 1.165) is 16.0 Å². The summed E-state index contributed by atoms with van der Waals surface area (Å²) in [7, 11) is 1.23. The highest BCUT2D eigenvalue weighted by atomic mass is 32.2. The smallest absolute Gasteiger partial charge is 0.325 e. The van der Waals surface area contributed by atoms with Crippen molar-refractivity contribution in [2.45, 2.75) is 18.4 Å². The quantitative estimate of drug-likeness (QED) is 0.312. The Balaban J connectivity index is 2.46. The molecular weight excluding hydrogens is 368 g/mol. The van der Waals surface area contributed by atoms with E-state index in [2.05, 4.69) is 4.74 Å². The number of amides is 1. The van der Waals surface area contributed by atoms with Crippen LogP contribution in [0.1, 0.15) is 21.5 Å². The van der Waals surface area contributed by atoms with Gasteiger partial charge in [-0.25, -0.2) is 0 Å². The topological polar surface area (TPSA) is 89.8 Å². The minimum atomic E-state index is -0.597. The van der Waals surface area contributed by atoms with E-state index < -0.39 is 16.8 Å². The van der Waals surface area contributed by atoms with E-state index in [1.807, 2.05) is 37.4 Å². The highest BCUT2D eigenvalue weighted by Crippen LogP contribution is 2.26. The van der Waals surface area contributed by atoms with Gasteiger partial charge in [-0.05, 0) is 36.4 Å². The van der Waals surface area contributed by atoms with Crippen LogP contribution in [0.25, 0.3) is 0 Å². The van der Waals surface area contributed by atoms with E-state index in [1.54, 1.807) is 6.07 Å². The van der Waals surface area contributed by atoms with Gasteiger partial charge in [-0.15, -0.1) is 11.8 Å². The number of benzene rings is 2. The zero-order valence-corrected chi connectivity index (χ0v) is 16.1. The second-order valence-electron chi connectivity index (χ2n) is 5.80. The molecule has 0 aromatic heterocycles. The van der Waals surface area contributed by atoms with E-state index in [1.165, 1.54) is 35.9 Å². The molecule has 0 unspecified atom stereocenters. The molecule has 0 fully saturated rings. The van der Waals surface area contributed by atoms with Gasteiger partial charge in [-0.3, -0.25) is 19.7 Å². The molecule has 1 amide bonds. The lowest BCUT2D eigenvalue weighted by Gasteiger charge is -2.22. The maximum atomic E-state index is 13.1. The first kappa shape index (κ1) is 20.4. The summed E-state index contributed by atoms with van der Waals surface area (Å²) in [5.41, 5.74) is 1.45. The molecule has 0 aliphatic carbocycles. The Morgan fingerprint density at radius 3 is 2.52 bits per heavy atom. The molecule has 8 heteroatoms. The lowest BCUT2D eigenvalue weighted by molar-refractivity contribution is -0.385. The van der Waals surface area contributed by atoms with Crippen LogP contribution in [0, 0.1) is 17.0 Å². The maximum absolute atomic E-state index is 13.1. The third kappa shape index (κ3) is 5.07. The molecule has 2 aromatic carbocycles. The summed E-state index contributed by atoms with van der Waals surface area (Å²) in [5, 5.41) is 11.4. The molecule has 0 radical (unpaired) electrons. The SMILES string of the molecule is COC(=O)CN(Cc1ccccc1C)C(=O)c1cc(SC)ccc1[N+](=O)[O-]. The molecule has 0 N–H and O–H groups in total. The zero-order valence-electron chi connectivity index (χ0n) is 15.3. The number of thioether (sulfide) groups is 1. The van der Waals surface area contributed by atoms with Crippen LogP contribution in [0.4, 0.5) is 5.69 Å². The van der Waals surface area contributed by atoms with Crippen molar-refractivity contribution >= 4 is 29.3 Å². The highest BCUT2D eigenvalue weighted by molar-refractivity contribution is 7.98. The van der Waals surface area contributed by atoms with Gasteiger partial charge < -0.3 is 9.64 Å². The number of nitro benzene ring substituents is 1. The Morgan fingerprint density at radius 1 is 1.22 bits per heavy atom. The van der Waals surface area contributed by atoms with Crippen LogP contribution in [0.2, 0.25) is 0 Å². The normalized spacial score (nSPS) is 10.3. The average molecular weight is 388 g/mol. The molecule has 0 aliphatic heterocycles. The summed E-state index contributed by atoms with van der Waals surface area (Å²) in [5.74, 6) is -1.19. The van der Waals surface area contributed by atoms with Gasteiger partial charge in [0.1, 0.15) is 12.1 Å². The molecule has 0 bridgehead atoms. The van der Waals surface area contributed by atoms with Gasteiger partial charge in [0, 0.05) is 17.5 Å². The zero-order chi connectivity index (χ0) is 20.0. The number of esters is 1. The fourth-order valence-corrected chi connectivity index (χ4v) is 3.00. The van der Waals surface area contributed by atoms with E-state index in [-0.39, 0.29) is 24.3 Å². The first-order valence-electron chi connectivity index (χ1n) is 8.10. The molecule has 27 heavy (non-hydrogen) atoms. The summed E-state index contributed by atoms with van der Waals surface area (Å²) in [6, 6.07) is 11.8. The fourth-order valence-electron chi connectivity index (χ4n) is 2.56. The second kappa shape index (κ2) is 9.18. The number of aryl methyl sites for hydroxylation is 1. The third-order valence-corrected chi connectivity index (χ3v) is 4.81. The molecule has 7 nitrogen and oxygen atoms in total. The van der Waals surface area contributed by atoms with Gasteiger partial charge in [0.05, 0.1) is 12.0 Å². The van der Waals surface area contributed by atoms with Gasteiger partial charge in [0.15, 0.2) is 0 Å². The second-order valence-corrected chi connectivity index (χ2v) is 6.68. The Labute approximate surface area is 161 Å². The van der Waals surface area contributed by atoms with Crippen molar-refractivity contribution in [3.8, 4) is 0 Å². The number of carbonyl (C=O) groups excluding carboxylic acids is 2. The van der Waals surface area contributed by atoms with Gasteiger partial charge in [-0.2, -0.15) is 0 Å². The Kier molecular flexibility index (Phi) is 6.95. The van der Waals surface area contributed by atoms with Crippen molar-refractivity contribution in [2.24, 2.45) is 0 Å². The number of nitrogens with zero attached hydrogens (tertiary/aromatic N) is 2. The number of hydrogen-bond donors (Lipinski definition) is 0. The van der Waals surface area contributed by atoms with Crippen LogP contribution in [0.5, 0.6) is 0 Å². The Hall–Kier alpha value is -2.87. The summed E-state index contributed by atoms with van der Waals surface area (Å²) in [6.07, 6.45) is 1.81. The van der Waals surface area contributed by atoms with Crippen LogP contribution in [0.15, 0.2) is 47.4 Å². The van der Waals surface area contributed by atoms with Gasteiger partial charge >= 0.3 is 5.97 Å². The predicted molar refractivity (Wildman–Crippen MR) is 103 cm³/mol. The number of ether oxygens (including phenoxy) is 1.